The first-order valence-corrected chi connectivity index (χ1v) is 10.2. The van der Waals surface area contributed by atoms with E-state index in [9.17, 15) is 32.9 Å². The van der Waals surface area contributed by atoms with Gasteiger partial charge in [0.05, 0.1) is 32.4 Å². The summed E-state index contributed by atoms with van der Waals surface area (Å²) >= 11 is 0.729. The Morgan fingerprint density at radius 2 is 1.87 bits per heavy atom. The number of carbonyl (C=O) groups excluding carboxylic acids is 2. The van der Waals surface area contributed by atoms with Crippen molar-refractivity contribution in [2.24, 2.45) is 0 Å². The van der Waals surface area contributed by atoms with E-state index in [4.69, 9.17) is 0 Å². The summed E-state index contributed by atoms with van der Waals surface area (Å²) < 4.78 is 38.4. The molecule has 0 aliphatic rings. The number of nitro benzene ring substituents is 1. The summed E-state index contributed by atoms with van der Waals surface area (Å²) in [5.74, 6) is -1.23. The van der Waals surface area contributed by atoms with Crippen molar-refractivity contribution in [3.8, 4) is 0 Å². The summed E-state index contributed by atoms with van der Waals surface area (Å²) in [4.78, 5) is 34.9. The summed E-state index contributed by atoms with van der Waals surface area (Å²) in [7, 11) is 0. The van der Waals surface area contributed by atoms with Gasteiger partial charge in [-0.2, -0.15) is 13.2 Å². The van der Waals surface area contributed by atoms with Crippen LogP contribution in [0.5, 0.6) is 0 Å². The number of nitro groups is 1. The van der Waals surface area contributed by atoms with E-state index in [0.29, 0.717) is 6.07 Å². The van der Waals surface area contributed by atoms with Gasteiger partial charge in [0.15, 0.2) is 0 Å². The average Bonchev–Trinajstić information content (AvgIpc) is 2.71. The molecule has 2 amide bonds. The van der Waals surface area contributed by atoms with Crippen LogP contribution in [0.3, 0.4) is 0 Å². The fourth-order valence-electron chi connectivity index (χ4n) is 2.48. The van der Waals surface area contributed by atoms with Crippen molar-refractivity contribution in [2.75, 3.05) is 11.1 Å². The lowest BCUT2D eigenvalue weighted by Crippen LogP contribution is -2.32. The average molecular weight is 455 g/mol. The Bertz CT molecular complexity index is 982. The molecule has 2 N–H and O–H groups in total. The minimum absolute atomic E-state index is 0.0629. The topological polar surface area (TPSA) is 101 Å². The fourth-order valence-corrected chi connectivity index (χ4v) is 3.29. The molecule has 2 aromatic rings. The maximum Gasteiger partial charge on any atom is 0.416 e. The van der Waals surface area contributed by atoms with Gasteiger partial charge in [-0.3, -0.25) is 19.7 Å². The molecule has 7 nitrogen and oxygen atoms in total. The van der Waals surface area contributed by atoms with Crippen molar-refractivity contribution < 1.29 is 27.7 Å². The van der Waals surface area contributed by atoms with E-state index in [1.807, 2.05) is 13.8 Å². The van der Waals surface area contributed by atoms with Crippen LogP contribution in [0.1, 0.15) is 36.2 Å². The molecule has 11 heteroatoms. The third kappa shape index (κ3) is 6.71. The highest BCUT2D eigenvalue weighted by atomic mass is 32.2. The molecular weight excluding hydrogens is 435 g/mol. The van der Waals surface area contributed by atoms with Gasteiger partial charge in [-0.15, -0.1) is 11.8 Å². The second-order valence-corrected chi connectivity index (χ2v) is 7.62. The molecule has 0 fully saturated rings. The largest absolute Gasteiger partial charge is 0.416 e. The van der Waals surface area contributed by atoms with E-state index < -0.39 is 28.3 Å². The highest BCUT2D eigenvalue weighted by molar-refractivity contribution is 8.00. The van der Waals surface area contributed by atoms with Crippen LogP contribution in [0.2, 0.25) is 0 Å². The number of amides is 2. The van der Waals surface area contributed by atoms with E-state index in [0.717, 1.165) is 30.3 Å². The number of para-hydroxylation sites is 1. The second-order valence-electron chi connectivity index (χ2n) is 6.60. The van der Waals surface area contributed by atoms with Crippen LogP contribution in [0.25, 0.3) is 0 Å². The zero-order valence-electron chi connectivity index (χ0n) is 16.7. The molecule has 0 saturated heterocycles. The summed E-state index contributed by atoms with van der Waals surface area (Å²) in [5.41, 5.74) is -1.37. The monoisotopic (exact) mass is 455 g/mol. The van der Waals surface area contributed by atoms with Crippen LogP contribution < -0.4 is 10.6 Å². The molecule has 1 unspecified atom stereocenters. The summed E-state index contributed by atoms with van der Waals surface area (Å²) in [5, 5.41) is 16.5. The van der Waals surface area contributed by atoms with Gasteiger partial charge in [-0.25, -0.2) is 0 Å². The zero-order valence-corrected chi connectivity index (χ0v) is 17.5. The molecule has 0 aliphatic carbocycles. The molecule has 2 rings (SSSR count). The van der Waals surface area contributed by atoms with Crippen LogP contribution in [0.15, 0.2) is 47.4 Å². The van der Waals surface area contributed by atoms with E-state index >= 15 is 0 Å². The number of anilines is 1. The van der Waals surface area contributed by atoms with E-state index in [1.165, 1.54) is 6.07 Å². The van der Waals surface area contributed by atoms with Crippen LogP contribution in [-0.2, 0) is 11.0 Å². The number of halogens is 3. The molecule has 31 heavy (non-hydrogen) atoms. The first-order chi connectivity index (χ1) is 14.5. The Hall–Kier alpha value is -3.08. The van der Waals surface area contributed by atoms with Crippen molar-refractivity contribution in [2.45, 2.75) is 37.4 Å². The smallest absolute Gasteiger partial charge is 0.350 e. The van der Waals surface area contributed by atoms with Crippen LogP contribution in [0, 0.1) is 10.1 Å². The maximum absolute atomic E-state index is 12.8. The van der Waals surface area contributed by atoms with Crippen molar-refractivity contribution in [1.29, 1.82) is 0 Å². The van der Waals surface area contributed by atoms with E-state index in [1.54, 1.807) is 18.2 Å². The third-order valence-corrected chi connectivity index (χ3v) is 5.34. The van der Waals surface area contributed by atoms with Gasteiger partial charge in [0.25, 0.3) is 11.6 Å². The van der Waals surface area contributed by atoms with Crippen molar-refractivity contribution in [1.82, 2.24) is 5.32 Å². The molecule has 0 bridgehead atoms. The molecule has 0 radical (unpaired) electrons. The maximum atomic E-state index is 12.8. The lowest BCUT2D eigenvalue weighted by molar-refractivity contribution is -0.388. The quantitative estimate of drug-likeness (QED) is 0.336. The number of rotatable bonds is 8. The minimum atomic E-state index is -4.72. The van der Waals surface area contributed by atoms with E-state index in [2.05, 4.69) is 10.6 Å². The van der Waals surface area contributed by atoms with Gasteiger partial charge in [0, 0.05) is 12.1 Å². The van der Waals surface area contributed by atoms with Crippen molar-refractivity contribution in [3.63, 3.8) is 0 Å². The van der Waals surface area contributed by atoms with Gasteiger partial charge >= 0.3 is 6.18 Å². The highest BCUT2D eigenvalue weighted by Gasteiger charge is 2.33. The fraction of sp³-hybridized carbons (Fsp3) is 0.300. The van der Waals surface area contributed by atoms with Crippen LogP contribution in [-0.4, -0.2) is 28.5 Å². The lowest BCUT2D eigenvalue weighted by Gasteiger charge is -2.14. The zero-order chi connectivity index (χ0) is 23.2. The van der Waals surface area contributed by atoms with Gasteiger partial charge in [-0.05, 0) is 37.6 Å². The molecule has 0 aromatic heterocycles. The Morgan fingerprint density at radius 3 is 2.48 bits per heavy atom. The second kappa shape index (κ2) is 10.3. The molecule has 0 heterocycles. The SMILES string of the molecule is CCC(C)NC(=O)c1ccccc1NC(=O)CSc1ccc(C(F)(F)F)cc1[N+](=O)[O-]. The number of hydrogen-bond acceptors (Lipinski definition) is 5. The Morgan fingerprint density at radius 1 is 1.19 bits per heavy atom. The number of nitrogens with one attached hydrogen (secondary N) is 2. The first-order valence-electron chi connectivity index (χ1n) is 9.21. The predicted molar refractivity (Wildman–Crippen MR) is 111 cm³/mol. The molecule has 2 aromatic carbocycles. The molecule has 0 spiro atoms. The molecule has 0 aliphatic heterocycles. The number of nitrogens with zero attached hydrogens (tertiary/aromatic N) is 1. The normalized spacial score (nSPS) is 12.2. The van der Waals surface area contributed by atoms with Crippen LogP contribution >= 0.6 is 11.8 Å². The molecule has 0 saturated carbocycles. The lowest BCUT2D eigenvalue weighted by atomic mass is 10.1. The minimum Gasteiger partial charge on any atom is -0.350 e. The first kappa shape index (κ1) is 24.2. The molecule has 1 atom stereocenters. The Kier molecular flexibility index (Phi) is 8.03. The van der Waals surface area contributed by atoms with Crippen molar-refractivity contribution in [3.05, 3.63) is 63.7 Å². The van der Waals surface area contributed by atoms with Crippen LogP contribution in [0.4, 0.5) is 24.5 Å². The molecular formula is C20H20F3N3O4S. The Labute approximate surface area is 180 Å². The highest BCUT2D eigenvalue weighted by Crippen LogP contribution is 2.36. The summed E-state index contributed by atoms with van der Waals surface area (Å²) in [6, 6.07) is 8.41. The van der Waals surface area contributed by atoms with Gasteiger partial charge < -0.3 is 10.6 Å². The number of hydrogen-bond donors (Lipinski definition) is 2. The van der Waals surface area contributed by atoms with Gasteiger partial charge in [0.2, 0.25) is 5.91 Å². The summed E-state index contributed by atoms with van der Waals surface area (Å²) in [6.45, 7) is 3.75. The number of thioether (sulfide) groups is 1. The number of alkyl halides is 3. The molecule has 166 valence electrons. The number of benzene rings is 2. The predicted octanol–water partition coefficient (Wildman–Crippen LogP) is 4.87. The van der Waals surface area contributed by atoms with Gasteiger partial charge in [0.1, 0.15) is 0 Å². The van der Waals surface area contributed by atoms with Crippen molar-refractivity contribution >= 4 is 35.0 Å². The van der Waals surface area contributed by atoms with E-state index in [-0.39, 0.29) is 33.8 Å². The Balaban J connectivity index is 2.12. The van der Waals surface area contributed by atoms with Gasteiger partial charge in [-0.1, -0.05) is 19.1 Å². The summed E-state index contributed by atoms with van der Waals surface area (Å²) in [6.07, 6.45) is -3.99. The third-order valence-electron chi connectivity index (χ3n) is 4.28. The standard InChI is InChI=1S/C20H20F3N3O4S/c1-3-12(2)24-19(28)14-6-4-5-7-15(14)25-18(27)11-31-17-9-8-13(20(21,22)23)10-16(17)26(29)30/h4-10,12H,3,11H2,1-2H3,(H,24,28)(H,25,27). The number of carbonyl (C=O) groups is 2.